The van der Waals surface area contributed by atoms with Gasteiger partial charge in [0.15, 0.2) is 0 Å². The van der Waals surface area contributed by atoms with Crippen molar-refractivity contribution in [2.75, 3.05) is 20.3 Å². The van der Waals surface area contributed by atoms with Crippen molar-refractivity contribution in [1.29, 1.82) is 0 Å². The molecule has 0 aliphatic carbocycles. The van der Waals surface area contributed by atoms with Gasteiger partial charge in [-0.05, 0) is 30.5 Å². The lowest BCUT2D eigenvalue weighted by Gasteiger charge is -2.16. The molecule has 118 valence electrons. The highest BCUT2D eigenvalue weighted by Crippen LogP contribution is 2.21. The topological polar surface area (TPSA) is 39.7 Å². The maximum Gasteiger partial charge on any atom is 0.119 e. The smallest absolute Gasteiger partial charge is 0.119 e. The van der Waals surface area contributed by atoms with E-state index in [-0.39, 0.29) is 6.10 Å². The second kappa shape index (κ2) is 8.37. The van der Waals surface area contributed by atoms with Gasteiger partial charge in [-0.1, -0.05) is 26.0 Å². The van der Waals surface area contributed by atoms with E-state index < -0.39 is 0 Å². The van der Waals surface area contributed by atoms with Crippen molar-refractivity contribution in [2.45, 2.75) is 51.5 Å². The molecule has 21 heavy (non-hydrogen) atoms. The monoisotopic (exact) mass is 293 g/mol. The van der Waals surface area contributed by atoms with Crippen LogP contribution in [0.3, 0.4) is 0 Å². The minimum Gasteiger partial charge on any atom is -0.491 e. The molecule has 4 heteroatoms. The Morgan fingerprint density at radius 3 is 2.86 bits per heavy atom. The number of hydrogen-bond donors (Lipinski definition) is 1. The minimum atomic E-state index is 0.204. The Morgan fingerprint density at radius 1 is 1.29 bits per heavy atom. The van der Waals surface area contributed by atoms with E-state index in [4.69, 9.17) is 14.2 Å². The summed E-state index contributed by atoms with van der Waals surface area (Å²) in [6.45, 7) is 6.47. The van der Waals surface area contributed by atoms with Crippen LogP contribution in [-0.2, 0) is 16.1 Å². The quantitative estimate of drug-likeness (QED) is 0.800. The summed E-state index contributed by atoms with van der Waals surface area (Å²) in [4.78, 5) is 0. The summed E-state index contributed by atoms with van der Waals surface area (Å²) in [7, 11) is 1.70. The fourth-order valence-corrected chi connectivity index (χ4v) is 2.50. The van der Waals surface area contributed by atoms with Gasteiger partial charge < -0.3 is 19.5 Å². The Kier molecular flexibility index (Phi) is 6.49. The van der Waals surface area contributed by atoms with Crippen LogP contribution in [0.1, 0.15) is 32.3 Å². The van der Waals surface area contributed by atoms with E-state index in [0.717, 1.165) is 30.7 Å². The Balaban J connectivity index is 1.72. The Hall–Kier alpha value is -1.10. The van der Waals surface area contributed by atoms with Gasteiger partial charge in [0.1, 0.15) is 12.4 Å². The Bertz CT molecular complexity index is 422. The zero-order chi connectivity index (χ0) is 15.1. The SMILES string of the molecule is COCc1cccc(OCC2CCC(CNC(C)C)O2)c1. The van der Waals surface area contributed by atoms with Crippen molar-refractivity contribution in [3.63, 3.8) is 0 Å². The van der Waals surface area contributed by atoms with Crippen molar-refractivity contribution >= 4 is 0 Å². The van der Waals surface area contributed by atoms with Crippen molar-refractivity contribution in [2.24, 2.45) is 0 Å². The molecule has 0 spiro atoms. The van der Waals surface area contributed by atoms with Crippen LogP contribution in [0.25, 0.3) is 0 Å². The summed E-state index contributed by atoms with van der Waals surface area (Å²) in [6, 6.07) is 8.54. The van der Waals surface area contributed by atoms with Crippen molar-refractivity contribution < 1.29 is 14.2 Å². The van der Waals surface area contributed by atoms with Crippen molar-refractivity contribution in [3.8, 4) is 5.75 Å². The summed E-state index contributed by atoms with van der Waals surface area (Å²) in [5.41, 5.74) is 1.13. The van der Waals surface area contributed by atoms with Crippen LogP contribution in [0, 0.1) is 0 Å². The highest BCUT2D eigenvalue weighted by atomic mass is 16.5. The molecule has 0 radical (unpaired) electrons. The van der Waals surface area contributed by atoms with E-state index in [1.54, 1.807) is 7.11 Å². The zero-order valence-electron chi connectivity index (χ0n) is 13.3. The van der Waals surface area contributed by atoms with Gasteiger partial charge in [0.25, 0.3) is 0 Å². The lowest BCUT2D eigenvalue weighted by molar-refractivity contribution is 0.0178. The van der Waals surface area contributed by atoms with E-state index in [0.29, 0.717) is 25.4 Å². The standard InChI is InChI=1S/C17H27NO3/c1-13(2)18-10-16-7-8-17(21-16)12-20-15-6-4-5-14(9-15)11-19-3/h4-6,9,13,16-18H,7-8,10-12H2,1-3H3. The lowest BCUT2D eigenvalue weighted by Crippen LogP contribution is -2.32. The molecule has 1 aromatic carbocycles. The first-order valence-corrected chi connectivity index (χ1v) is 7.77. The molecule has 1 aliphatic heterocycles. The van der Waals surface area contributed by atoms with E-state index >= 15 is 0 Å². The molecule has 1 heterocycles. The highest BCUT2D eigenvalue weighted by Gasteiger charge is 2.25. The largest absolute Gasteiger partial charge is 0.491 e. The van der Waals surface area contributed by atoms with Crippen LogP contribution < -0.4 is 10.1 Å². The predicted octanol–water partition coefficient (Wildman–Crippen LogP) is 2.76. The lowest BCUT2D eigenvalue weighted by atomic mass is 10.2. The molecule has 1 fully saturated rings. The van der Waals surface area contributed by atoms with Crippen LogP contribution in [0.5, 0.6) is 5.75 Å². The van der Waals surface area contributed by atoms with Crippen LogP contribution in [0.4, 0.5) is 0 Å². The average molecular weight is 293 g/mol. The third kappa shape index (κ3) is 5.65. The number of ether oxygens (including phenoxy) is 3. The predicted molar refractivity (Wildman–Crippen MR) is 83.7 cm³/mol. The summed E-state index contributed by atoms with van der Waals surface area (Å²) < 4.78 is 17.0. The first-order valence-electron chi connectivity index (χ1n) is 7.77. The van der Waals surface area contributed by atoms with Gasteiger partial charge in [-0.2, -0.15) is 0 Å². The van der Waals surface area contributed by atoms with Gasteiger partial charge in [0.05, 0.1) is 18.8 Å². The van der Waals surface area contributed by atoms with Crippen molar-refractivity contribution in [1.82, 2.24) is 5.32 Å². The van der Waals surface area contributed by atoms with Crippen LogP contribution in [0.15, 0.2) is 24.3 Å². The van der Waals surface area contributed by atoms with Crippen LogP contribution in [0.2, 0.25) is 0 Å². The van der Waals surface area contributed by atoms with Gasteiger partial charge in [-0.3, -0.25) is 0 Å². The van der Waals surface area contributed by atoms with Gasteiger partial charge in [0.2, 0.25) is 0 Å². The molecule has 1 N–H and O–H groups in total. The molecular formula is C17H27NO3. The molecule has 2 atom stereocenters. The van der Waals surface area contributed by atoms with E-state index in [9.17, 15) is 0 Å². The molecule has 0 saturated carbocycles. The fraction of sp³-hybridized carbons (Fsp3) is 0.647. The molecule has 2 unspecified atom stereocenters. The normalized spacial score (nSPS) is 21.9. The Labute approximate surface area is 127 Å². The molecule has 0 aromatic heterocycles. The van der Waals surface area contributed by atoms with Crippen LogP contribution >= 0.6 is 0 Å². The highest BCUT2D eigenvalue weighted by molar-refractivity contribution is 5.28. The van der Waals surface area contributed by atoms with E-state index in [1.165, 1.54) is 0 Å². The van der Waals surface area contributed by atoms with Gasteiger partial charge >= 0.3 is 0 Å². The third-order valence-electron chi connectivity index (χ3n) is 3.59. The zero-order valence-corrected chi connectivity index (χ0v) is 13.3. The first kappa shape index (κ1) is 16.3. The van der Waals surface area contributed by atoms with E-state index in [1.807, 2.05) is 24.3 Å². The van der Waals surface area contributed by atoms with E-state index in [2.05, 4.69) is 19.2 Å². The van der Waals surface area contributed by atoms with Crippen LogP contribution in [-0.4, -0.2) is 38.5 Å². The summed E-state index contributed by atoms with van der Waals surface area (Å²) >= 11 is 0. The molecular weight excluding hydrogens is 266 g/mol. The molecule has 0 bridgehead atoms. The average Bonchev–Trinajstić information content (AvgIpc) is 2.92. The number of nitrogens with one attached hydrogen (secondary N) is 1. The molecule has 1 saturated heterocycles. The molecule has 2 rings (SSSR count). The third-order valence-corrected chi connectivity index (χ3v) is 3.59. The van der Waals surface area contributed by atoms with Crippen molar-refractivity contribution in [3.05, 3.63) is 29.8 Å². The second-order valence-corrected chi connectivity index (χ2v) is 5.91. The maximum absolute atomic E-state index is 6.00. The number of hydrogen-bond acceptors (Lipinski definition) is 4. The van der Waals surface area contributed by atoms with Gasteiger partial charge in [-0.15, -0.1) is 0 Å². The second-order valence-electron chi connectivity index (χ2n) is 5.91. The summed E-state index contributed by atoms with van der Waals surface area (Å²) in [5, 5.41) is 3.42. The number of methoxy groups -OCH3 is 1. The fourth-order valence-electron chi connectivity index (χ4n) is 2.50. The van der Waals surface area contributed by atoms with Gasteiger partial charge in [-0.25, -0.2) is 0 Å². The molecule has 0 amide bonds. The molecule has 1 aliphatic rings. The molecule has 4 nitrogen and oxygen atoms in total. The van der Waals surface area contributed by atoms with Gasteiger partial charge in [0, 0.05) is 19.7 Å². The maximum atomic E-state index is 6.00. The first-order chi connectivity index (χ1) is 10.2. The molecule has 1 aromatic rings. The number of benzene rings is 1. The Morgan fingerprint density at radius 2 is 2.10 bits per heavy atom. The number of rotatable bonds is 8. The summed E-state index contributed by atoms with van der Waals surface area (Å²) in [5.74, 6) is 0.886. The summed E-state index contributed by atoms with van der Waals surface area (Å²) in [6.07, 6.45) is 2.70. The minimum absolute atomic E-state index is 0.204.